The molecule has 3 amide bonds. The fourth-order valence-corrected chi connectivity index (χ4v) is 4.55. The van der Waals surface area contributed by atoms with Gasteiger partial charge in [0.1, 0.15) is 0 Å². The van der Waals surface area contributed by atoms with Gasteiger partial charge in [-0.2, -0.15) is 0 Å². The van der Waals surface area contributed by atoms with Crippen molar-refractivity contribution in [2.45, 2.75) is 6.42 Å². The first-order valence-corrected chi connectivity index (χ1v) is 9.09. The van der Waals surface area contributed by atoms with E-state index in [0.717, 1.165) is 6.42 Å². The van der Waals surface area contributed by atoms with E-state index in [-0.39, 0.29) is 54.5 Å². The number of benzene rings is 1. The van der Waals surface area contributed by atoms with Gasteiger partial charge < -0.3 is 14.8 Å². The van der Waals surface area contributed by atoms with E-state index >= 15 is 0 Å². The quantitative estimate of drug-likeness (QED) is 0.602. The summed E-state index contributed by atoms with van der Waals surface area (Å²) in [6.45, 7) is 0.413. The van der Waals surface area contributed by atoms with Crippen LogP contribution in [0.5, 0.6) is 11.5 Å². The molecule has 1 N–H and O–H groups in total. The molecule has 27 heavy (non-hydrogen) atoms. The zero-order valence-corrected chi connectivity index (χ0v) is 15.3. The van der Waals surface area contributed by atoms with E-state index in [1.807, 2.05) is 0 Å². The summed E-state index contributed by atoms with van der Waals surface area (Å²) in [4.78, 5) is 38.9. The van der Waals surface area contributed by atoms with Gasteiger partial charge in [0.05, 0.1) is 26.1 Å². The first kappa shape index (κ1) is 17.6. The summed E-state index contributed by atoms with van der Waals surface area (Å²) in [6.07, 6.45) is 5.05. The van der Waals surface area contributed by atoms with Crippen molar-refractivity contribution in [3.05, 3.63) is 35.9 Å². The van der Waals surface area contributed by atoms with Crippen LogP contribution in [0.4, 0.5) is 0 Å². The second-order valence-corrected chi connectivity index (χ2v) is 7.15. The molecule has 4 unspecified atom stereocenters. The second kappa shape index (κ2) is 6.72. The maximum atomic E-state index is 12.6. The number of rotatable bonds is 6. The van der Waals surface area contributed by atoms with E-state index in [1.54, 1.807) is 18.2 Å². The van der Waals surface area contributed by atoms with Gasteiger partial charge in [-0.25, -0.2) is 0 Å². The molecule has 0 radical (unpaired) electrons. The standard InChI is InChI=1S/C20H22N2O5/c1-26-14-6-5-13(10-15(14)27-2)18(23)21-7-8-22-19(24)16-11-3-4-12(9-11)17(16)20(22)25/h3-6,10-12,16-17H,7-9H2,1-2H3,(H,21,23). The number of ether oxygens (including phenoxy) is 2. The average Bonchev–Trinajstić information content (AvgIpc) is 3.36. The Kier molecular flexibility index (Phi) is 4.37. The molecule has 4 atom stereocenters. The van der Waals surface area contributed by atoms with Gasteiger partial charge in [-0.1, -0.05) is 12.2 Å². The average molecular weight is 370 g/mol. The van der Waals surface area contributed by atoms with Crippen molar-refractivity contribution in [1.29, 1.82) is 0 Å². The molecular weight excluding hydrogens is 348 g/mol. The summed E-state index contributed by atoms with van der Waals surface area (Å²) in [6, 6.07) is 4.88. The van der Waals surface area contributed by atoms with Crippen LogP contribution in [0.25, 0.3) is 0 Å². The summed E-state index contributed by atoms with van der Waals surface area (Å²) >= 11 is 0. The van der Waals surface area contributed by atoms with Gasteiger partial charge in [-0.05, 0) is 36.5 Å². The summed E-state index contributed by atoms with van der Waals surface area (Å²) in [7, 11) is 3.03. The lowest BCUT2D eigenvalue weighted by atomic mass is 9.85. The highest BCUT2D eigenvalue weighted by atomic mass is 16.5. The number of allylic oxidation sites excluding steroid dienone is 2. The van der Waals surface area contributed by atoms with Crippen molar-refractivity contribution in [2.24, 2.45) is 23.7 Å². The largest absolute Gasteiger partial charge is 0.493 e. The van der Waals surface area contributed by atoms with Crippen LogP contribution in [-0.4, -0.2) is 49.9 Å². The van der Waals surface area contributed by atoms with E-state index in [0.29, 0.717) is 17.1 Å². The molecule has 1 heterocycles. The third-order valence-corrected chi connectivity index (χ3v) is 5.83. The Morgan fingerprint density at radius 1 is 1.07 bits per heavy atom. The van der Waals surface area contributed by atoms with E-state index in [4.69, 9.17) is 9.47 Å². The Morgan fingerprint density at radius 2 is 1.70 bits per heavy atom. The third-order valence-electron chi connectivity index (χ3n) is 5.83. The molecule has 2 bridgehead atoms. The van der Waals surface area contributed by atoms with E-state index in [2.05, 4.69) is 17.5 Å². The predicted octanol–water partition coefficient (Wildman–Crippen LogP) is 1.24. The van der Waals surface area contributed by atoms with Gasteiger partial charge in [0.25, 0.3) is 5.91 Å². The molecule has 2 fully saturated rings. The minimum atomic E-state index is -0.294. The monoisotopic (exact) mass is 370 g/mol. The SMILES string of the molecule is COc1ccc(C(=O)NCCN2C(=O)C3C4C=CC(C4)C3C2=O)cc1OC. The zero-order valence-electron chi connectivity index (χ0n) is 15.3. The first-order valence-electron chi connectivity index (χ1n) is 9.09. The van der Waals surface area contributed by atoms with Gasteiger partial charge in [0.2, 0.25) is 11.8 Å². The van der Waals surface area contributed by atoms with E-state index in [1.165, 1.54) is 19.1 Å². The molecule has 4 rings (SSSR count). The van der Waals surface area contributed by atoms with Crippen molar-refractivity contribution in [1.82, 2.24) is 10.2 Å². The van der Waals surface area contributed by atoms with Gasteiger partial charge in [-0.15, -0.1) is 0 Å². The van der Waals surface area contributed by atoms with Crippen LogP contribution in [-0.2, 0) is 9.59 Å². The van der Waals surface area contributed by atoms with Crippen LogP contribution in [0, 0.1) is 23.7 Å². The minimum absolute atomic E-state index is 0.0952. The van der Waals surface area contributed by atoms with Crippen molar-refractivity contribution in [2.75, 3.05) is 27.3 Å². The van der Waals surface area contributed by atoms with Crippen LogP contribution < -0.4 is 14.8 Å². The highest BCUT2D eigenvalue weighted by Gasteiger charge is 2.58. The van der Waals surface area contributed by atoms with Crippen molar-refractivity contribution in [3.8, 4) is 11.5 Å². The molecule has 142 valence electrons. The molecule has 7 nitrogen and oxygen atoms in total. The van der Waals surface area contributed by atoms with Gasteiger partial charge >= 0.3 is 0 Å². The molecule has 1 saturated carbocycles. The topological polar surface area (TPSA) is 84.9 Å². The van der Waals surface area contributed by atoms with Crippen molar-refractivity contribution < 1.29 is 23.9 Å². The van der Waals surface area contributed by atoms with Gasteiger partial charge in [0.15, 0.2) is 11.5 Å². The number of nitrogens with zero attached hydrogens (tertiary/aromatic N) is 1. The number of hydrogen-bond acceptors (Lipinski definition) is 5. The van der Waals surface area contributed by atoms with Crippen LogP contribution in [0.1, 0.15) is 16.8 Å². The first-order chi connectivity index (χ1) is 13.0. The predicted molar refractivity (Wildman–Crippen MR) is 96.3 cm³/mol. The Labute approximate surface area is 157 Å². The maximum Gasteiger partial charge on any atom is 0.251 e. The van der Waals surface area contributed by atoms with Crippen LogP contribution in [0.15, 0.2) is 30.4 Å². The molecule has 0 aromatic heterocycles. The minimum Gasteiger partial charge on any atom is -0.493 e. The normalized spacial score (nSPS) is 27.9. The molecule has 2 aliphatic carbocycles. The lowest BCUT2D eigenvalue weighted by Gasteiger charge is -2.17. The maximum absolute atomic E-state index is 12.6. The number of likely N-dealkylation sites (tertiary alicyclic amines) is 1. The fourth-order valence-electron chi connectivity index (χ4n) is 4.55. The zero-order chi connectivity index (χ0) is 19.1. The Morgan fingerprint density at radius 3 is 2.30 bits per heavy atom. The second-order valence-electron chi connectivity index (χ2n) is 7.15. The Balaban J connectivity index is 1.36. The molecule has 3 aliphatic rings. The third kappa shape index (κ3) is 2.78. The molecule has 1 aliphatic heterocycles. The Bertz CT molecular complexity index is 804. The van der Waals surface area contributed by atoms with Crippen LogP contribution in [0.3, 0.4) is 0 Å². The van der Waals surface area contributed by atoms with Crippen molar-refractivity contribution in [3.63, 3.8) is 0 Å². The summed E-state index contributed by atoms with van der Waals surface area (Å²) in [5.41, 5.74) is 0.422. The number of nitrogens with one attached hydrogen (secondary N) is 1. The number of fused-ring (bicyclic) bond motifs is 5. The number of hydrogen-bond donors (Lipinski definition) is 1. The highest BCUT2D eigenvalue weighted by molar-refractivity contribution is 6.06. The van der Waals surface area contributed by atoms with Gasteiger partial charge in [-0.3, -0.25) is 19.3 Å². The summed E-state index contributed by atoms with van der Waals surface area (Å²) in [5.74, 6) is 0.512. The smallest absolute Gasteiger partial charge is 0.251 e. The number of carbonyl (C=O) groups excluding carboxylic acids is 3. The number of imide groups is 1. The van der Waals surface area contributed by atoms with Crippen LogP contribution in [0.2, 0.25) is 0 Å². The number of carbonyl (C=O) groups is 3. The summed E-state index contributed by atoms with van der Waals surface area (Å²) < 4.78 is 10.4. The summed E-state index contributed by atoms with van der Waals surface area (Å²) in [5, 5.41) is 2.76. The molecule has 0 spiro atoms. The number of amides is 3. The Hall–Kier alpha value is -2.83. The van der Waals surface area contributed by atoms with Gasteiger partial charge in [0, 0.05) is 18.7 Å². The van der Waals surface area contributed by atoms with Crippen molar-refractivity contribution >= 4 is 17.7 Å². The molecule has 1 saturated heterocycles. The molecular formula is C20H22N2O5. The lowest BCUT2D eigenvalue weighted by Crippen LogP contribution is -2.39. The molecule has 7 heteroatoms. The fraction of sp³-hybridized carbons (Fsp3) is 0.450. The number of methoxy groups -OCH3 is 2. The van der Waals surface area contributed by atoms with E-state index in [9.17, 15) is 14.4 Å². The van der Waals surface area contributed by atoms with Crippen LogP contribution >= 0.6 is 0 Å². The molecule has 1 aromatic rings. The lowest BCUT2D eigenvalue weighted by molar-refractivity contribution is -0.140. The molecule has 1 aromatic carbocycles. The highest BCUT2D eigenvalue weighted by Crippen LogP contribution is 2.52. The van der Waals surface area contributed by atoms with E-state index < -0.39 is 0 Å².